The molecule has 0 unspecified atom stereocenters. The normalized spacial score (nSPS) is 21.9. The SMILES string of the molecule is CC(=O)N(Cc1ccsc1)[C@@H]1CC12CCN(Cc1nc(C)c(C)o1)CC2. The Morgan fingerprint density at radius 1 is 1.42 bits per heavy atom. The largest absolute Gasteiger partial charge is 0.444 e. The Hall–Kier alpha value is -1.66. The van der Waals surface area contributed by atoms with Crippen LogP contribution in [0.1, 0.15) is 49.1 Å². The van der Waals surface area contributed by atoms with Crippen LogP contribution < -0.4 is 0 Å². The van der Waals surface area contributed by atoms with E-state index in [4.69, 9.17) is 4.42 Å². The number of carbonyl (C=O) groups is 1. The highest BCUT2D eigenvalue weighted by atomic mass is 32.1. The summed E-state index contributed by atoms with van der Waals surface area (Å²) in [4.78, 5) is 21.2. The Bertz CT molecular complexity index is 756. The van der Waals surface area contributed by atoms with E-state index in [1.54, 1.807) is 18.3 Å². The summed E-state index contributed by atoms with van der Waals surface area (Å²) < 4.78 is 5.73. The molecule has 0 radical (unpaired) electrons. The van der Waals surface area contributed by atoms with Gasteiger partial charge in [0, 0.05) is 19.5 Å². The van der Waals surface area contributed by atoms with Gasteiger partial charge in [-0.1, -0.05) is 0 Å². The van der Waals surface area contributed by atoms with Crippen LogP contribution in [0.2, 0.25) is 0 Å². The minimum Gasteiger partial charge on any atom is -0.444 e. The van der Waals surface area contributed by atoms with Gasteiger partial charge in [-0.2, -0.15) is 11.3 Å². The van der Waals surface area contributed by atoms with Gasteiger partial charge in [-0.05, 0) is 74.0 Å². The fourth-order valence-corrected chi connectivity index (χ4v) is 4.94. The molecule has 1 atom stereocenters. The zero-order valence-corrected chi connectivity index (χ0v) is 16.6. The molecule has 1 saturated heterocycles. The highest BCUT2D eigenvalue weighted by Crippen LogP contribution is 2.57. The zero-order chi connectivity index (χ0) is 18.3. The van der Waals surface area contributed by atoms with E-state index in [9.17, 15) is 4.79 Å². The fourth-order valence-electron chi connectivity index (χ4n) is 4.28. The van der Waals surface area contributed by atoms with Crippen molar-refractivity contribution < 1.29 is 9.21 Å². The number of aryl methyl sites for hydroxylation is 2. The highest BCUT2D eigenvalue weighted by molar-refractivity contribution is 7.07. The van der Waals surface area contributed by atoms with Gasteiger partial charge in [0.2, 0.25) is 11.8 Å². The Balaban J connectivity index is 1.34. The number of piperidine rings is 1. The molecule has 1 amide bonds. The van der Waals surface area contributed by atoms with Crippen LogP contribution in [-0.2, 0) is 17.9 Å². The average molecular weight is 374 g/mol. The van der Waals surface area contributed by atoms with Gasteiger partial charge in [-0.25, -0.2) is 4.98 Å². The van der Waals surface area contributed by atoms with Gasteiger partial charge in [0.25, 0.3) is 0 Å². The van der Waals surface area contributed by atoms with Crippen molar-refractivity contribution in [2.75, 3.05) is 13.1 Å². The number of oxazole rings is 1. The van der Waals surface area contributed by atoms with Crippen molar-refractivity contribution in [1.29, 1.82) is 0 Å². The summed E-state index contributed by atoms with van der Waals surface area (Å²) >= 11 is 1.70. The van der Waals surface area contributed by atoms with Crippen LogP contribution in [0, 0.1) is 19.3 Å². The number of likely N-dealkylation sites (tertiary alicyclic amines) is 1. The van der Waals surface area contributed by atoms with Gasteiger partial charge in [0.05, 0.1) is 12.2 Å². The number of thiophene rings is 1. The minimum atomic E-state index is 0.200. The van der Waals surface area contributed by atoms with Crippen molar-refractivity contribution in [1.82, 2.24) is 14.8 Å². The molecule has 2 fully saturated rings. The molecule has 1 spiro atoms. The van der Waals surface area contributed by atoms with Crippen LogP contribution >= 0.6 is 11.3 Å². The van der Waals surface area contributed by atoms with Gasteiger partial charge in [-0.3, -0.25) is 9.69 Å². The van der Waals surface area contributed by atoms with Gasteiger partial charge < -0.3 is 9.32 Å². The van der Waals surface area contributed by atoms with E-state index < -0.39 is 0 Å². The molecule has 140 valence electrons. The average Bonchev–Trinajstić information content (AvgIpc) is 2.93. The predicted molar refractivity (Wildman–Crippen MR) is 102 cm³/mol. The lowest BCUT2D eigenvalue weighted by atomic mass is 9.92. The lowest BCUT2D eigenvalue weighted by Crippen LogP contribution is -2.39. The summed E-state index contributed by atoms with van der Waals surface area (Å²) in [5, 5.41) is 4.23. The topological polar surface area (TPSA) is 49.6 Å². The molecule has 2 aliphatic rings. The van der Waals surface area contributed by atoms with Crippen molar-refractivity contribution in [2.24, 2.45) is 5.41 Å². The van der Waals surface area contributed by atoms with Crippen molar-refractivity contribution in [3.05, 3.63) is 39.7 Å². The maximum absolute atomic E-state index is 12.2. The molecular formula is C20H27N3O2S. The highest BCUT2D eigenvalue weighted by Gasteiger charge is 2.58. The second-order valence-corrected chi connectivity index (χ2v) is 8.67. The summed E-state index contributed by atoms with van der Waals surface area (Å²) in [6, 6.07) is 2.53. The number of carbonyl (C=O) groups excluding carboxylic acids is 1. The van der Waals surface area contributed by atoms with Gasteiger partial charge in [0.15, 0.2) is 0 Å². The molecule has 26 heavy (non-hydrogen) atoms. The van der Waals surface area contributed by atoms with Gasteiger partial charge in [0.1, 0.15) is 5.76 Å². The molecule has 1 aliphatic heterocycles. The first-order valence-corrected chi connectivity index (χ1v) is 10.3. The Labute approximate surface area is 159 Å². The van der Waals surface area contributed by atoms with E-state index in [2.05, 4.69) is 31.6 Å². The quantitative estimate of drug-likeness (QED) is 0.801. The first-order valence-electron chi connectivity index (χ1n) is 9.40. The molecule has 5 nitrogen and oxygen atoms in total. The van der Waals surface area contributed by atoms with E-state index in [1.807, 2.05) is 13.8 Å². The molecule has 3 heterocycles. The van der Waals surface area contributed by atoms with Crippen LogP contribution in [0.15, 0.2) is 21.2 Å². The maximum Gasteiger partial charge on any atom is 0.220 e. The standard InChI is InChI=1S/C20H27N3O2S/c1-14-15(2)25-19(21-14)12-22-7-5-20(6-8-22)10-18(20)23(16(3)24)11-17-4-9-26-13-17/h4,9,13,18H,5-8,10-12H2,1-3H3/t18-/m1/s1. The van der Waals surface area contributed by atoms with Crippen molar-refractivity contribution >= 4 is 17.2 Å². The number of amides is 1. The second-order valence-electron chi connectivity index (χ2n) is 7.89. The molecule has 2 aromatic rings. The molecule has 0 bridgehead atoms. The predicted octanol–water partition coefficient (Wildman–Crippen LogP) is 3.76. The van der Waals surface area contributed by atoms with Crippen molar-refractivity contribution in [3.8, 4) is 0 Å². The summed E-state index contributed by atoms with van der Waals surface area (Å²) in [5.74, 6) is 1.94. The molecule has 2 aromatic heterocycles. The van der Waals surface area contributed by atoms with Crippen LogP contribution in [0.5, 0.6) is 0 Å². The Morgan fingerprint density at radius 3 is 2.77 bits per heavy atom. The minimum absolute atomic E-state index is 0.200. The lowest BCUT2D eigenvalue weighted by Gasteiger charge is -2.34. The molecular weight excluding hydrogens is 346 g/mol. The van der Waals surface area contributed by atoms with E-state index in [0.29, 0.717) is 11.5 Å². The van der Waals surface area contributed by atoms with Crippen LogP contribution in [-0.4, -0.2) is 39.8 Å². The summed E-state index contributed by atoms with van der Waals surface area (Å²) in [6.07, 6.45) is 3.47. The van der Waals surface area contributed by atoms with Crippen molar-refractivity contribution in [2.45, 2.75) is 59.2 Å². The number of hydrogen-bond acceptors (Lipinski definition) is 5. The van der Waals surface area contributed by atoms with Gasteiger partial charge in [-0.15, -0.1) is 0 Å². The van der Waals surface area contributed by atoms with Crippen molar-refractivity contribution in [3.63, 3.8) is 0 Å². The first kappa shape index (κ1) is 17.7. The monoisotopic (exact) mass is 373 g/mol. The third kappa shape index (κ3) is 3.45. The number of hydrogen-bond donors (Lipinski definition) is 0. The number of nitrogens with zero attached hydrogens (tertiary/aromatic N) is 3. The lowest BCUT2D eigenvalue weighted by molar-refractivity contribution is -0.130. The van der Waals surface area contributed by atoms with Crippen LogP contribution in [0.4, 0.5) is 0 Å². The second kappa shape index (κ2) is 6.82. The molecule has 6 heteroatoms. The van der Waals surface area contributed by atoms with Gasteiger partial charge >= 0.3 is 0 Å². The summed E-state index contributed by atoms with van der Waals surface area (Å²) in [6.45, 7) is 9.33. The molecule has 1 aliphatic carbocycles. The Morgan fingerprint density at radius 2 is 2.19 bits per heavy atom. The number of aromatic nitrogens is 1. The maximum atomic E-state index is 12.2. The smallest absolute Gasteiger partial charge is 0.220 e. The van der Waals surface area contributed by atoms with E-state index in [0.717, 1.165) is 62.8 Å². The molecule has 0 aromatic carbocycles. The summed E-state index contributed by atoms with van der Waals surface area (Å²) in [5.41, 5.74) is 2.57. The molecule has 4 rings (SSSR count). The third-order valence-corrected chi connectivity index (χ3v) is 6.88. The number of rotatable bonds is 5. The molecule has 0 N–H and O–H groups in total. The summed E-state index contributed by atoms with van der Waals surface area (Å²) in [7, 11) is 0. The van der Waals surface area contributed by atoms with E-state index in [-0.39, 0.29) is 5.91 Å². The molecule has 1 saturated carbocycles. The van der Waals surface area contributed by atoms with Crippen LogP contribution in [0.25, 0.3) is 0 Å². The first-order chi connectivity index (χ1) is 12.5. The van der Waals surface area contributed by atoms with Crippen LogP contribution in [0.3, 0.4) is 0 Å². The van der Waals surface area contributed by atoms with E-state index >= 15 is 0 Å². The zero-order valence-electron chi connectivity index (χ0n) is 15.8. The fraction of sp³-hybridized carbons (Fsp3) is 0.600. The van der Waals surface area contributed by atoms with E-state index in [1.165, 1.54) is 5.56 Å². The third-order valence-electron chi connectivity index (χ3n) is 6.14. The Kier molecular flexibility index (Phi) is 4.65.